The van der Waals surface area contributed by atoms with Crippen LogP contribution >= 0.6 is 0 Å². The second-order valence-corrected chi connectivity index (χ2v) is 6.04. The first kappa shape index (κ1) is 14.6. The summed E-state index contributed by atoms with van der Waals surface area (Å²) in [5.74, 6) is 0. The van der Waals surface area contributed by atoms with Crippen molar-refractivity contribution in [3.05, 3.63) is 60.0 Å². The topological polar surface area (TPSA) is 63.3 Å². The maximum Gasteiger partial charge on any atom is 0.0870 e. The van der Waals surface area contributed by atoms with Gasteiger partial charge in [-0.25, -0.2) is 0 Å². The molecule has 0 amide bonds. The summed E-state index contributed by atoms with van der Waals surface area (Å²) >= 11 is 0. The molecule has 2 aromatic heterocycles. The molecule has 0 aliphatic heterocycles. The molecule has 0 fully saturated rings. The molecule has 1 N–H and O–H groups in total. The van der Waals surface area contributed by atoms with Gasteiger partial charge in [0.2, 0.25) is 0 Å². The summed E-state index contributed by atoms with van der Waals surface area (Å²) < 4.78 is 1.89. The Labute approximate surface area is 140 Å². The van der Waals surface area contributed by atoms with Crippen molar-refractivity contribution in [1.82, 2.24) is 14.8 Å². The summed E-state index contributed by atoms with van der Waals surface area (Å²) in [6.45, 7) is 0. The molecule has 0 spiro atoms. The highest BCUT2D eigenvalue weighted by Gasteiger charge is 2.19. The molecule has 2 heterocycles. The van der Waals surface area contributed by atoms with Gasteiger partial charge in [0.15, 0.2) is 0 Å². The molecule has 4 rings (SSSR count). The number of oxime groups is 1. The molecule has 1 aliphatic carbocycles. The standard InChI is InChI=1S/C19H18N4O/c1-23-19(13-7-9-20-10-8-13)17(12-21-23)15-5-6-16-14(11-15)3-2-4-18(16)22-24/h5-12,24H,2-4H2,1H3/b22-18+. The van der Waals surface area contributed by atoms with Crippen molar-refractivity contribution >= 4 is 5.71 Å². The summed E-state index contributed by atoms with van der Waals surface area (Å²) in [4.78, 5) is 4.10. The summed E-state index contributed by atoms with van der Waals surface area (Å²) in [6.07, 6.45) is 8.35. The quantitative estimate of drug-likeness (QED) is 0.579. The molecular formula is C19H18N4O. The van der Waals surface area contributed by atoms with E-state index in [4.69, 9.17) is 0 Å². The van der Waals surface area contributed by atoms with Crippen molar-refractivity contribution in [3.63, 3.8) is 0 Å². The van der Waals surface area contributed by atoms with Gasteiger partial charge in [0, 0.05) is 36.1 Å². The number of hydrogen-bond acceptors (Lipinski definition) is 4. The maximum atomic E-state index is 9.19. The summed E-state index contributed by atoms with van der Waals surface area (Å²) in [7, 11) is 1.95. The fourth-order valence-electron chi connectivity index (χ4n) is 3.44. The number of hydrogen-bond donors (Lipinski definition) is 1. The summed E-state index contributed by atoms with van der Waals surface area (Å²) in [5, 5.41) is 17.1. The highest BCUT2D eigenvalue weighted by atomic mass is 16.4. The third-order valence-corrected chi connectivity index (χ3v) is 4.60. The molecular weight excluding hydrogens is 300 g/mol. The third-order valence-electron chi connectivity index (χ3n) is 4.60. The summed E-state index contributed by atoms with van der Waals surface area (Å²) in [6, 6.07) is 10.3. The van der Waals surface area contributed by atoms with Gasteiger partial charge in [-0.3, -0.25) is 9.67 Å². The van der Waals surface area contributed by atoms with Crippen molar-refractivity contribution in [2.45, 2.75) is 19.3 Å². The lowest BCUT2D eigenvalue weighted by molar-refractivity contribution is 0.317. The number of rotatable bonds is 2. The highest BCUT2D eigenvalue weighted by Crippen LogP contribution is 2.34. The minimum absolute atomic E-state index is 0.781. The van der Waals surface area contributed by atoms with Gasteiger partial charge in [0.05, 0.1) is 17.6 Å². The molecule has 1 aromatic carbocycles. The largest absolute Gasteiger partial charge is 0.411 e. The van der Waals surface area contributed by atoms with Crippen LogP contribution in [-0.2, 0) is 13.5 Å². The Bertz CT molecular complexity index is 912. The van der Waals surface area contributed by atoms with Gasteiger partial charge in [-0.05, 0) is 42.5 Å². The Balaban J connectivity index is 1.84. The number of nitrogens with zero attached hydrogens (tertiary/aromatic N) is 4. The van der Waals surface area contributed by atoms with Crippen LogP contribution in [0.3, 0.4) is 0 Å². The second-order valence-electron chi connectivity index (χ2n) is 6.04. The van der Waals surface area contributed by atoms with Crippen molar-refractivity contribution < 1.29 is 5.21 Å². The molecule has 5 nitrogen and oxygen atoms in total. The van der Waals surface area contributed by atoms with Crippen LogP contribution in [0.4, 0.5) is 0 Å². The van der Waals surface area contributed by atoms with Crippen molar-refractivity contribution in [2.75, 3.05) is 0 Å². The zero-order valence-electron chi connectivity index (χ0n) is 13.5. The zero-order chi connectivity index (χ0) is 16.5. The Morgan fingerprint density at radius 2 is 1.88 bits per heavy atom. The van der Waals surface area contributed by atoms with Crippen LogP contribution < -0.4 is 0 Å². The van der Waals surface area contributed by atoms with Gasteiger partial charge in [-0.2, -0.15) is 5.10 Å². The maximum absolute atomic E-state index is 9.19. The SMILES string of the molecule is Cn1ncc(-c2ccc3c(c2)CCC/C3=N\O)c1-c1ccncc1. The fraction of sp³-hybridized carbons (Fsp3) is 0.211. The fourth-order valence-corrected chi connectivity index (χ4v) is 3.44. The van der Waals surface area contributed by atoms with Crippen LogP contribution in [0.15, 0.2) is 54.1 Å². The van der Waals surface area contributed by atoms with Crippen molar-refractivity contribution in [1.29, 1.82) is 0 Å². The van der Waals surface area contributed by atoms with Gasteiger partial charge in [-0.1, -0.05) is 23.4 Å². The molecule has 24 heavy (non-hydrogen) atoms. The summed E-state index contributed by atoms with van der Waals surface area (Å²) in [5.41, 5.74) is 7.47. The van der Waals surface area contributed by atoms with E-state index in [0.29, 0.717) is 0 Å². The van der Waals surface area contributed by atoms with E-state index in [1.54, 1.807) is 12.4 Å². The van der Waals surface area contributed by atoms with E-state index in [-0.39, 0.29) is 0 Å². The molecule has 0 saturated heterocycles. The van der Waals surface area contributed by atoms with Crippen molar-refractivity contribution in [3.8, 4) is 22.4 Å². The predicted octanol–water partition coefficient (Wildman–Crippen LogP) is 3.66. The minimum Gasteiger partial charge on any atom is -0.411 e. The van der Waals surface area contributed by atoms with E-state index >= 15 is 0 Å². The first-order valence-electron chi connectivity index (χ1n) is 8.05. The van der Waals surface area contributed by atoms with E-state index in [9.17, 15) is 5.21 Å². The van der Waals surface area contributed by atoms with Gasteiger partial charge < -0.3 is 5.21 Å². The lowest BCUT2D eigenvalue weighted by Crippen LogP contribution is -2.11. The Kier molecular flexibility index (Phi) is 3.61. The first-order valence-corrected chi connectivity index (χ1v) is 8.05. The molecule has 3 aromatic rings. The predicted molar refractivity (Wildman–Crippen MR) is 93.1 cm³/mol. The van der Waals surface area contributed by atoms with Crippen LogP contribution in [0.1, 0.15) is 24.0 Å². The van der Waals surface area contributed by atoms with Crippen LogP contribution in [0.2, 0.25) is 0 Å². The Morgan fingerprint density at radius 3 is 2.67 bits per heavy atom. The monoisotopic (exact) mass is 318 g/mol. The van der Waals surface area contributed by atoms with Gasteiger partial charge >= 0.3 is 0 Å². The van der Waals surface area contributed by atoms with E-state index in [2.05, 4.69) is 33.4 Å². The van der Waals surface area contributed by atoms with Crippen LogP contribution in [0, 0.1) is 0 Å². The van der Waals surface area contributed by atoms with Crippen LogP contribution in [0.25, 0.3) is 22.4 Å². The number of benzene rings is 1. The molecule has 1 aliphatic rings. The average Bonchev–Trinajstić information content (AvgIpc) is 3.03. The first-order chi connectivity index (χ1) is 11.8. The van der Waals surface area contributed by atoms with Gasteiger partial charge in [-0.15, -0.1) is 0 Å². The molecule has 120 valence electrons. The minimum atomic E-state index is 0.781. The molecule has 0 saturated carbocycles. The Morgan fingerprint density at radius 1 is 1.04 bits per heavy atom. The van der Waals surface area contributed by atoms with Crippen LogP contribution in [0.5, 0.6) is 0 Å². The average molecular weight is 318 g/mol. The third kappa shape index (κ3) is 2.38. The van der Waals surface area contributed by atoms with Gasteiger partial charge in [0.25, 0.3) is 0 Å². The molecule has 0 atom stereocenters. The van der Waals surface area contributed by atoms with Gasteiger partial charge in [0.1, 0.15) is 0 Å². The lowest BCUT2D eigenvalue weighted by Gasteiger charge is -2.18. The number of fused-ring (bicyclic) bond motifs is 1. The lowest BCUT2D eigenvalue weighted by atomic mass is 9.87. The van der Waals surface area contributed by atoms with E-state index in [1.807, 2.05) is 30.1 Å². The number of aryl methyl sites for hydroxylation is 2. The van der Waals surface area contributed by atoms with Crippen LogP contribution in [-0.4, -0.2) is 25.7 Å². The molecule has 0 bridgehead atoms. The molecule has 0 radical (unpaired) electrons. The van der Waals surface area contributed by atoms with E-state index in [0.717, 1.165) is 52.9 Å². The number of pyridine rings is 1. The zero-order valence-corrected chi connectivity index (χ0v) is 13.5. The molecule has 0 unspecified atom stereocenters. The van der Waals surface area contributed by atoms with E-state index in [1.165, 1.54) is 5.56 Å². The normalized spacial score (nSPS) is 15.5. The highest BCUT2D eigenvalue weighted by molar-refractivity contribution is 6.03. The molecule has 5 heteroatoms. The van der Waals surface area contributed by atoms with Crippen molar-refractivity contribution in [2.24, 2.45) is 12.2 Å². The van der Waals surface area contributed by atoms with E-state index < -0.39 is 0 Å². The number of aromatic nitrogens is 3. The second kappa shape index (κ2) is 5.92. The smallest absolute Gasteiger partial charge is 0.0870 e. The Hall–Kier alpha value is -2.95.